The molecule has 0 saturated carbocycles. The van der Waals surface area contributed by atoms with E-state index in [2.05, 4.69) is 0 Å². The summed E-state index contributed by atoms with van der Waals surface area (Å²) in [6, 6.07) is 4.97. The first-order chi connectivity index (χ1) is 8.88. The number of hydrogen-bond acceptors (Lipinski definition) is 3. The maximum Gasteiger partial charge on any atom is 0.255 e. The van der Waals surface area contributed by atoms with Gasteiger partial charge in [0.2, 0.25) is 0 Å². The van der Waals surface area contributed by atoms with Gasteiger partial charge in [0.05, 0.1) is 28.1 Å². The van der Waals surface area contributed by atoms with Crippen LogP contribution in [-0.2, 0) is 0 Å². The average Bonchev–Trinajstić information content (AvgIpc) is 2.33. The fraction of sp³-hybridized carbons (Fsp3) is 0.385. The van der Waals surface area contributed by atoms with Gasteiger partial charge in [-0.05, 0) is 26.0 Å². The topological polar surface area (TPSA) is 70.1 Å². The Morgan fingerprint density at radius 3 is 2.63 bits per heavy atom. The molecule has 1 aromatic carbocycles. The second kappa shape index (κ2) is 6.65. The van der Waals surface area contributed by atoms with E-state index < -0.39 is 0 Å². The highest BCUT2D eigenvalue weighted by Gasteiger charge is 2.22. The Morgan fingerprint density at radius 2 is 2.11 bits per heavy atom. The van der Waals surface area contributed by atoms with Crippen LogP contribution in [0.4, 0.5) is 5.69 Å². The lowest BCUT2D eigenvalue weighted by Gasteiger charge is -2.26. The van der Waals surface area contributed by atoms with Crippen molar-refractivity contribution in [2.45, 2.75) is 26.3 Å². The fourth-order valence-electron chi connectivity index (χ4n) is 1.69. The van der Waals surface area contributed by atoms with Gasteiger partial charge >= 0.3 is 0 Å². The fourth-order valence-corrected chi connectivity index (χ4v) is 2.10. The third-order valence-corrected chi connectivity index (χ3v) is 3.43. The van der Waals surface area contributed by atoms with Crippen LogP contribution in [0.3, 0.4) is 0 Å². The standard InChI is InChI=1S/C13H15Cl2N3O/c1-8(2)18(5-3-4-16)13(19)10-6-9(17)7-11(14)12(10)15/h6-8H,3,5,17H2,1-2H3. The second-order valence-electron chi connectivity index (χ2n) is 4.36. The molecule has 0 aliphatic heterocycles. The van der Waals surface area contributed by atoms with E-state index in [1.54, 1.807) is 4.90 Å². The first kappa shape index (κ1) is 15.6. The van der Waals surface area contributed by atoms with Gasteiger partial charge in [0.25, 0.3) is 5.91 Å². The molecule has 102 valence electrons. The summed E-state index contributed by atoms with van der Waals surface area (Å²) in [5.74, 6) is -0.274. The lowest BCUT2D eigenvalue weighted by Crippen LogP contribution is -2.37. The first-order valence-electron chi connectivity index (χ1n) is 5.81. The molecule has 0 saturated heterocycles. The van der Waals surface area contributed by atoms with Crippen LogP contribution in [0.15, 0.2) is 12.1 Å². The molecule has 1 amide bonds. The van der Waals surface area contributed by atoms with Gasteiger partial charge in [-0.3, -0.25) is 4.79 Å². The van der Waals surface area contributed by atoms with E-state index >= 15 is 0 Å². The second-order valence-corrected chi connectivity index (χ2v) is 5.15. The molecular formula is C13H15Cl2N3O. The van der Waals surface area contributed by atoms with Gasteiger partial charge in [0.15, 0.2) is 0 Å². The van der Waals surface area contributed by atoms with Gasteiger partial charge in [0.1, 0.15) is 0 Å². The molecular weight excluding hydrogens is 285 g/mol. The highest BCUT2D eigenvalue weighted by atomic mass is 35.5. The minimum absolute atomic E-state index is 0.0443. The van der Waals surface area contributed by atoms with Crippen molar-refractivity contribution < 1.29 is 4.79 Å². The van der Waals surface area contributed by atoms with Crippen molar-refractivity contribution in [1.82, 2.24) is 4.90 Å². The molecule has 0 aromatic heterocycles. The number of carbonyl (C=O) groups is 1. The normalized spacial score (nSPS) is 10.3. The summed E-state index contributed by atoms with van der Waals surface area (Å²) in [5, 5.41) is 9.07. The predicted molar refractivity (Wildman–Crippen MR) is 77.3 cm³/mol. The number of nitrogens with two attached hydrogens (primary N) is 1. The van der Waals surface area contributed by atoms with E-state index in [1.165, 1.54) is 12.1 Å². The Kier molecular flexibility index (Phi) is 5.46. The van der Waals surface area contributed by atoms with Crippen molar-refractivity contribution in [3.8, 4) is 6.07 Å². The average molecular weight is 300 g/mol. The molecule has 0 aliphatic carbocycles. The number of nitriles is 1. The number of rotatable bonds is 4. The zero-order valence-corrected chi connectivity index (χ0v) is 12.3. The van der Waals surface area contributed by atoms with E-state index in [4.69, 9.17) is 34.2 Å². The quantitative estimate of drug-likeness (QED) is 0.867. The largest absolute Gasteiger partial charge is 0.399 e. The van der Waals surface area contributed by atoms with Crippen molar-refractivity contribution in [2.75, 3.05) is 12.3 Å². The molecule has 0 aliphatic rings. The molecule has 0 heterocycles. The molecule has 0 atom stereocenters. The maximum atomic E-state index is 12.4. The van der Waals surface area contributed by atoms with Crippen LogP contribution in [0.1, 0.15) is 30.6 Å². The van der Waals surface area contributed by atoms with Crippen LogP contribution in [0, 0.1) is 11.3 Å². The van der Waals surface area contributed by atoms with E-state index in [1.807, 2.05) is 19.9 Å². The molecule has 19 heavy (non-hydrogen) atoms. The van der Waals surface area contributed by atoms with Crippen molar-refractivity contribution in [3.63, 3.8) is 0 Å². The van der Waals surface area contributed by atoms with Crippen molar-refractivity contribution in [3.05, 3.63) is 27.7 Å². The SMILES string of the molecule is CC(C)N(CCC#N)C(=O)c1cc(N)cc(Cl)c1Cl. The Labute approximate surface area is 122 Å². The molecule has 1 rings (SSSR count). The smallest absolute Gasteiger partial charge is 0.255 e. The number of nitrogen functional groups attached to an aromatic ring is 1. The molecule has 6 heteroatoms. The van der Waals surface area contributed by atoms with Crippen LogP contribution in [0.5, 0.6) is 0 Å². The highest BCUT2D eigenvalue weighted by molar-refractivity contribution is 6.44. The number of benzene rings is 1. The third-order valence-electron chi connectivity index (χ3n) is 2.63. The van der Waals surface area contributed by atoms with Crippen molar-refractivity contribution in [1.29, 1.82) is 5.26 Å². The number of nitrogens with zero attached hydrogens (tertiary/aromatic N) is 2. The first-order valence-corrected chi connectivity index (χ1v) is 6.56. The zero-order valence-electron chi connectivity index (χ0n) is 10.8. The van der Waals surface area contributed by atoms with E-state index in [0.29, 0.717) is 12.2 Å². The predicted octanol–water partition coefficient (Wildman–Crippen LogP) is 3.34. The Bertz CT molecular complexity index is 523. The number of amides is 1. The van der Waals surface area contributed by atoms with Gasteiger partial charge < -0.3 is 10.6 Å². The van der Waals surface area contributed by atoms with Crippen LogP contribution >= 0.6 is 23.2 Å². The minimum Gasteiger partial charge on any atom is -0.399 e. The summed E-state index contributed by atoms with van der Waals surface area (Å²) in [7, 11) is 0. The number of anilines is 1. The van der Waals surface area contributed by atoms with E-state index in [-0.39, 0.29) is 34.0 Å². The summed E-state index contributed by atoms with van der Waals surface area (Å²) >= 11 is 12.0. The van der Waals surface area contributed by atoms with Crippen molar-refractivity contribution in [2.24, 2.45) is 0 Å². The van der Waals surface area contributed by atoms with Gasteiger partial charge in [-0.15, -0.1) is 0 Å². The van der Waals surface area contributed by atoms with Gasteiger partial charge in [-0.25, -0.2) is 0 Å². The summed E-state index contributed by atoms with van der Waals surface area (Å²) < 4.78 is 0. The summed E-state index contributed by atoms with van der Waals surface area (Å²) in [5.41, 5.74) is 6.32. The Morgan fingerprint density at radius 1 is 1.47 bits per heavy atom. The van der Waals surface area contributed by atoms with Crippen LogP contribution in [0.25, 0.3) is 0 Å². The monoisotopic (exact) mass is 299 g/mol. The number of hydrogen-bond donors (Lipinski definition) is 1. The van der Waals surface area contributed by atoms with E-state index in [0.717, 1.165) is 0 Å². The van der Waals surface area contributed by atoms with E-state index in [9.17, 15) is 4.79 Å². The summed E-state index contributed by atoms with van der Waals surface area (Å²) in [6.07, 6.45) is 0.261. The maximum absolute atomic E-state index is 12.4. The number of carbonyl (C=O) groups excluding carboxylic acids is 1. The van der Waals surface area contributed by atoms with Gasteiger partial charge in [-0.1, -0.05) is 23.2 Å². The van der Waals surface area contributed by atoms with Crippen molar-refractivity contribution >= 4 is 34.8 Å². The molecule has 1 aromatic rings. The Hall–Kier alpha value is -1.44. The van der Waals surface area contributed by atoms with Gasteiger partial charge in [-0.2, -0.15) is 5.26 Å². The van der Waals surface area contributed by atoms with Gasteiger partial charge in [0, 0.05) is 18.3 Å². The lowest BCUT2D eigenvalue weighted by atomic mass is 10.1. The van der Waals surface area contributed by atoms with Crippen LogP contribution < -0.4 is 5.73 Å². The lowest BCUT2D eigenvalue weighted by molar-refractivity contribution is 0.0710. The van der Waals surface area contributed by atoms with Crippen LogP contribution in [0.2, 0.25) is 10.0 Å². The molecule has 2 N–H and O–H groups in total. The zero-order chi connectivity index (χ0) is 14.6. The molecule has 0 bridgehead atoms. The summed E-state index contributed by atoms with van der Waals surface area (Å²) in [6.45, 7) is 4.09. The number of halogens is 2. The van der Waals surface area contributed by atoms with Crippen LogP contribution in [-0.4, -0.2) is 23.4 Å². The highest BCUT2D eigenvalue weighted by Crippen LogP contribution is 2.30. The summed E-state index contributed by atoms with van der Waals surface area (Å²) in [4.78, 5) is 14.0. The molecule has 0 spiro atoms. The third kappa shape index (κ3) is 3.76. The molecule has 0 unspecified atom stereocenters. The Balaban J connectivity index is 3.13. The molecule has 0 radical (unpaired) electrons. The molecule has 4 nitrogen and oxygen atoms in total. The minimum atomic E-state index is -0.274. The molecule has 0 fully saturated rings.